The Morgan fingerprint density at radius 2 is 1.80 bits per heavy atom. The van der Waals surface area contributed by atoms with Gasteiger partial charge in [-0.2, -0.15) is 0 Å². The normalized spacial score (nSPS) is 34.5. The Balaban J connectivity index is 2.13. The predicted molar refractivity (Wildman–Crippen MR) is 81.9 cm³/mol. The molecule has 2 aliphatic rings. The molecule has 20 heavy (non-hydrogen) atoms. The lowest BCUT2D eigenvalue weighted by molar-refractivity contribution is -0.113. The summed E-state index contributed by atoms with van der Waals surface area (Å²) < 4.78 is 12.1. The van der Waals surface area contributed by atoms with E-state index < -0.39 is 0 Å². The van der Waals surface area contributed by atoms with Crippen molar-refractivity contribution in [1.82, 2.24) is 4.90 Å². The number of piperidine rings is 1. The molecule has 2 N–H and O–H groups in total. The van der Waals surface area contributed by atoms with Crippen LogP contribution < -0.4 is 5.73 Å². The second-order valence-corrected chi connectivity index (χ2v) is 7.43. The highest BCUT2D eigenvalue weighted by Gasteiger charge is 2.59. The summed E-state index contributed by atoms with van der Waals surface area (Å²) in [6.45, 7) is 14.4. The van der Waals surface area contributed by atoms with Crippen molar-refractivity contribution in [3.05, 3.63) is 0 Å². The van der Waals surface area contributed by atoms with Crippen LogP contribution in [0.15, 0.2) is 0 Å². The van der Waals surface area contributed by atoms with Gasteiger partial charge in [0.2, 0.25) is 0 Å². The van der Waals surface area contributed by atoms with E-state index in [1.807, 2.05) is 0 Å². The third-order valence-electron chi connectivity index (χ3n) is 5.16. The first kappa shape index (κ1) is 16.2. The molecule has 1 unspecified atom stereocenters. The lowest BCUT2D eigenvalue weighted by Gasteiger charge is -2.50. The summed E-state index contributed by atoms with van der Waals surface area (Å²) in [5.41, 5.74) is 5.89. The number of rotatable bonds is 4. The fourth-order valence-corrected chi connectivity index (χ4v) is 4.36. The van der Waals surface area contributed by atoms with Crippen LogP contribution in [0.3, 0.4) is 0 Å². The van der Waals surface area contributed by atoms with Crippen LogP contribution in [0.25, 0.3) is 0 Å². The Hall–Kier alpha value is -0.160. The van der Waals surface area contributed by atoms with Crippen LogP contribution in [0, 0.1) is 0 Å². The number of nitrogens with zero attached hydrogens (tertiary/aromatic N) is 1. The first-order valence-electron chi connectivity index (χ1n) is 8.03. The zero-order valence-electron chi connectivity index (χ0n) is 13.9. The van der Waals surface area contributed by atoms with Crippen molar-refractivity contribution in [3.63, 3.8) is 0 Å². The average molecular weight is 284 g/mol. The molecule has 0 saturated carbocycles. The monoisotopic (exact) mass is 284 g/mol. The maximum atomic E-state index is 6.32. The van der Waals surface area contributed by atoms with E-state index in [0.717, 1.165) is 39.0 Å². The number of nitrogens with two attached hydrogens (primary N) is 1. The van der Waals surface area contributed by atoms with Crippen molar-refractivity contribution in [2.75, 3.05) is 26.2 Å². The minimum Gasteiger partial charge on any atom is -0.378 e. The van der Waals surface area contributed by atoms with Gasteiger partial charge in [-0.1, -0.05) is 0 Å². The molecule has 2 rings (SSSR count). The van der Waals surface area contributed by atoms with Crippen molar-refractivity contribution in [3.8, 4) is 0 Å². The lowest BCUT2D eigenvalue weighted by atomic mass is 9.76. The Bertz CT molecular complexity index is 335. The van der Waals surface area contributed by atoms with Gasteiger partial charge >= 0.3 is 0 Å². The van der Waals surface area contributed by atoms with Crippen molar-refractivity contribution >= 4 is 0 Å². The van der Waals surface area contributed by atoms with Crippen LogP contribution in [0.2, 0.25) is 0 Å². The molecule has 0 bridgehead atoms. The molecule has 2 saturated heterocycles. The van der Waals surface area contributed by atoms with Gasteiger partial charge in [-0.05, 0) is 53.9 Å². The van der Waals surface area contributed by atoms with E-state index in [1.54, 1.807) is 0 Å². The molecule has 0 aliphatic carbocycles. The van der Waals surface area contributed by atoms with E-state index in [-0.39, 0.29) is 16.7 Å². The number of hydrogen-bond donors (Lipinski definition) is 1. The number of hydrogen-bond acceptors (Lipinski definition) is 4. The molecule has 0 aromatic carbocycles. The van der Waals surface area contributed by atoms with Gasteiger partial charge in [-0.25, -0.2) is 0 Å². The Kier molecular flexibility index (Phi) is 4.51. The van der Waals surface area contributed by atoms with Crippen molar-refractivity contribution < 1.29 is 9.47 Å². The Morgan fingerprint density at radius 1 is 1.20 bits per heavy atom. The maximum absolute atomic E-state index is 6.32. The largest absolute Gasteiger partial charge is 0.378 e. The molecule has 1 atom stereocenters. The van der Waals surface area contributed by atoms with Crippen molar-refractivity contribution in [1.29, 1.82) is 0 Å². The highest BCUT2D eigenvalue weighted by molar-refractivity contribution is 5.13. The third-order valence-corrected chi connectivity index (χ3v) is 5.16. The van der Waals surface area contributed by atoms with Gasteiger partial charge in [0.05, 0.1) is 22.8 Å². The molecule has 4 heteroatoms. The van der Waals surface area contributed by atoms with Gasteiger partial charge in [0, 0.05) is 26.2 Å². The highest BCUT2D eigenvalue weighted by Crippen LogP contribution is 2.48. The predicted octanol–water partition coefficient (Wildman–Crippen LogP) is 2.16. The van der Waals surface area contributed by atoms with Gasteiger partial charge in [0.1, 0.15) is 0 Å². The van der Waals surface area contributed by atoms with Gasteiger partial charge in [0.15, 0.2) is 0 Å². The summed E-state index contributed by atoms with van der Waals surface area (Å²) in [5, 5.41) is 0. The number of likely N-dealkylation sites (tertiary alicyclic amines) is 1. The van der Waals surface area contributed by atoms with E-state index >= 15 is 0 Å². The first-order valence-corrected chi connectivity index (χ1v) is 8.03. The molecular formula is C16H32N2O2. The fraction of sp³-hybridized carbons (Fsp3) is 1.00. The maximum Gasteiger partial charge on any atom is 0.0830 e. The van der Waals surface area contributed by atoms with Crippen LogP contribution in [-0.2, 0) is 9.47 Å². The molecule has 0 amide bonds. The zero-order chi connectivity index (χ0) is 15.0. The Labute approximate surface area is 124 Å². The van der Waals surface area contributed by atoms with Gasteiger partial charge in [-0.15, -0.1) is 0 Å². The van der Waals surface area contributed by atoms with E-state index in [1.165, 1.54) is 0 Å². The zero-order valence-corrected chi connectivity index (χ0v) is 13.9. The summed E-state index contributed by atoms with van der Waals surface area (Å²) in [5.74, 6) is 0. The molecule has 118 valence electrons. The molecule has 4 nitrogen and oxygen atoms in total. The highest BCUT2D eigenvalue weighted by atomic mass is 16.5. The van der Waals surface area contributed by atoms with Crippen LogP contribution in [0.5, 0.6) is 0 Å². The molecule has 2 fully saturated rings. The molecular weight excluding hydrogens is 252 g/mol. The lowest BCUT2D eigenvalue weighted by Crippen LogP contribution is -2.65. The van der Waals surface area contributed by atoms with Crippen LogP contribution in [-0.4, -0.2) is 54.0 Å². The number of ether oxygens (including phenoxy) is 2. The molecule has 2 aliphatic heterocycles. The second kappa shape index (κ2) is 5.56. The minimum atomic E-state index is -0.205. The van der Waals surface area contributed by atoms with E-state index in [2.05, 4.69) is 39.5 Å². The second-order valence-electron chi connectivity index (χ2n) is 7.43. The summed E-state index contributed by atoms with van der Waals surface area (Å²) in [7, 11) is 0. The molecule has 0 spiro atoms. The van der Waals surface area contributed by atoms with Crippen LogP contribution in [0.1, 0.15) is 53.9 Å². The average Bonchev–Trinajstić information content (AvgIpc) is 2.55. The summed E-state index contributed by atoms with van der Waals surface area (Å²) >= 11 is 0. The van der Waals surface area contributed by atoms with Crippen molar-refractivity contribution in [2.24, 2.45) is 5.73 Å². The smallest absolute Gasteiger partial charge is 0.0830 e. The van der Waals surface area contributed by atoms with E-state index in [9.17, 15) is 0 Å². The first-order chi connectivity index (χ1) is 9.26. The molecule has 2 heterocycles. The molecule has 0 aromatic rings. The summed E-state index contributed by atoms with van der Waals surface area (Å²) in [6.07, 6.45) is 3.63. The standard InChI is InChI=1S/C16H32N2O2/c1-6-19-13-7-9-18(10-8-13)16(12-17)11-14(2,3)20-15(16,4)5/h13H,6-12,17H2,1-5H3. The minimum absolute atomic E-state index is 0.0479. The quantitative estimate of drug-likeness (QED) is 0.859. The topological polar surface area (TPSA) is 47.7 Å². The molecule has 0 radical (unpaired) electrons. The summed E-state index contributed by atoms with van der Waals surface area (Å²) in [4.78, 5) is 2.57. The fourth-order valence-electron chi connectivity index (χ4n) is 4.36. The SMILES string of the molecule is CCOC1CCN(C2(CN)CC(C)(C)OC2(C)C)CC1. The van der Waals surface area contributed by atoms with Crippen molar-refractivity contribution in [2.45, 2.75) is 76.7 Å². The molecule has 0 aromatic heterocycles. The van der Waals surface area contributed by atoms with E-state index in [4.69, 9.17) is 15.2 Å². The summed E-state index contributed by atoms with van der Waals surface area (Å²) in [6, 6.07) is 0. The van der Waals surface area contributed by atoms with Crippen LogP contribution in [0.4, 0.5) is 0 Å². The third kappa shape index (κ3) is 2.76. The van der Waals surface area contributed by atoms with Crippen LogP contribution >= 0.6 is 0 Å². The van der Waals surface area contributed by atoms with Gasteiger partial charge in [0.25, 0.3) is 0 Å². The Morgan fingerprint density at radius 3 is 2.20 bits per heavy atom. The van der Waals surface area contributed by atoms with Gasteiger partial charge < -0.3 is 15.2 Å². The van der Waals surface area contributed by atoms with E-state index in [0.29, 0.717) is 12.6 Å². The van der Waals surface area contributed by atoms with Gasteiger partial charge in [-0.3, -0.25) is 4.90 Å².